The summed E-state index contributed by atoms with van der Waals surface area (Å²) in [5.74, 6) is 0. The van der Waals surface area contributed by atoms with Crippen molar-refractivity contribution in [3.05, 3.63) is 28.6 Å². The maximum atomic E-state index is 10.8. The van der Waals surface area contributed by atoms with E-state index in [-0.39, 0.29) is 5.15 Å². The SMILES string of the molecule is O=Cc1c(Cl)ncnc1Sc1nccs1. The second kappa shape index (κ2) is 4.69. The van der Waals surface area contributed by atoms with Crippen LogP contribution in [0, 0.1) is 0 Å². The van der Waals surface area contributed by atoms with Crippen molar-refractivity contribution in [2.45, 2.75) is 9.37 Å². The number of aldehydes is 1. The average molecular weight is 258 g/mol. The monoisotopic (exact) mass is 257 g/mol. The Morgan fingerprint density at radius 3 is 2.93 bits per heavy atom. The van der Waals surface area contributed by atoms with Gasteiger partial charge in [-0.3, -0.25) is 4.79 Å². The van der Waals surface area contributed by atoms with Gasteiger partial charge >= 0.3 is 0 Å². The minimum absolute atomic E-state index is 0.166. The van der Waals surface area contributed by atoms with Gasteiger partial charge in [-0.15, -0.1) is 11.3 Å². The quantitative estimate of drug-likeness (QED) is 0.625. The first-order valence-electron chi connectivity index (χ1n) is 3.84. The van der Waals surface area contributed by atoms with Crippen LogP contribution in [-0.2, 0) is 0 Å². The van der Waals surface area contributed by atoms with E-state index in [4.69, 9.17) is 11.6 Å². The van der Waals surface area contributed by atoms with E-state index in [0.29, 0.717) is 16.9 Å². The first kappa shape index (κ1) is 10.5. The lowest BCUT2D eigenvalue weighted by molar-refractivity contribution is 0.112. The summed E-state index contributed by atoms with van der Waals surface area (Å²) in [6.07, 6.45) is 3.67. The molecule has 0 saturated heterocycles. The molecule has 0 aromatic carbocycles. The molecule has 0 N–H and O–H groups in total. The summed E-state index contributed by atoms with van der Waals surface area (Å²) < 4.78 is 0.813. The van der Waals surface area contributed by atoms with Gasteiger partial charge in [-0.1, -0.05) is 11.6 Å². The number of hydrogen-bond donors (Lipinski definition) is 0. The van der Waals surface area contributed by atoms with Crippen molar-refractivity contribution in [1.82, 2.24) is 15.0 Å². The van der Waals surface area contributed by atoms with Gasteiger partial charge < -0.3 is 0 Å². The summed E-state index contributed by atoms with van der Waals surface area (Å²) in [5.41, 5.74) is 0.305. The first-order chi connectivity index (χ1) is 7.31. The number of hydrogen-bond acceptors (Lipinski definition) is 6. The van der Waals surface area contributed by atoms with Crippen LogP contribution in [0.25, 0.3) is 0 Å². The third kappa shape index (κ3) is 2.34. The zero-order chi connectivity index (χ0) is 10.7. The van der Waals surface area contributed by atoms with Crippen molar-refractivity contribution < 1.29 is 4.79 Å². The van der Waals surface area contributed by atoms with Crippen molar-refractivity contribution in [2.24, 2.45) is 0 Å². The maximum absolute atomic E-state index is 10.8. The van der Waals surface area contributed by atoms with Crippen LogP contribution >= 0.6 is 34.7 Å². The minimum atomic E-state index is 0.166. The maximum Gasteiger partial charge on any atom is 0.156 e. The van der Waals surface area contributed by atoms with E-state index in [0.717, 1.165) is 4.34 Å². The van der Waals surface area contributed by atoms with Crippen LogP contribution in [0.2, 0.25) is 5.15 Å². The standard InChI is InChI=1S/C8H4ClN3OS2/c9-6-5(3-13)7(12-4-11-6)15-8-10-1-2-14-8/h1-4H. The highest BCUT2D eigenvalue weighted by molar-refractivity contribution is 8.01. The number of halogens is 1. The first-order valence-corrected chi connectivity index (χ1v) is 5.91. The predicted octanol–water partition coefficient (Wildman–Crippen LogP) is 2.55. The third-order valence-corrected chi connectivity index (χ3v) is 3.71. The van der Waals surface area contributed by atoms with E-state index in [1.807, 2.05) is 5.38 Å². The Morgan fingerprint density at radius 2 is 2.27 bits per heavy atom. The van der Waals surface area contributed by atoms with Crippen molar-refractivity contribution in [3.8, 4) is 0 Å². The number of thiazole rings is 1. The van der Waals surface area contributed by atoms with Crippen LogP contribution in [0.15, 0.2) is 27.3 Å². The second-order valence-electron chi connectivity index (χ2n) is 2.40. The van der Waals surface area contributed by atoms with Gasteiger partial charge in [-0.2, -0.15) is 0 Å². The number of carbonyl (C=O) groups is 1. The molecule has 15 heavy (non-hydrogen) atoms. The minimum Gasteiger partial charge on any atom is -0.298 e. The van der Waals surface area contributed by atoms with Gasteiger partial charge in [0.05, 0.1) is 5.56 Å². The molecule has 0 unspecified atom stereocenters. The third-order valence-electron chi connectivity index (χ3n) is 1.51. The molecular weight excluding hydrogens is 254 g/mol. The summed E-state index contributed by atoms with van der Waals surface area (Å²) in [6.45, 7) is 0. The lowest BCUT2D eigenvalue weighted by Crippen LogP contribution is -1.93. The molecule has 7 heteroatoms. The van der Waals surface area contributed by atoms with E-state index in [1.165, 1.54) is 29.4 Å². The highest BCUT2D eigenvalue weighted by Gasteiger charge is 2.11. The average Bonchev–Trinajstić information content (AvgIpc) is 2.71. The number of aromatic nitrogens is 3. The van der Waals surface area contributed by atoms with Crippen LogP contribution in [-0.4, -0.2) is 21.2 Å². The molecule has 2 heterocycles. The topological polar surface area (TPSA) is 55.7 Å². The van der Waals surface area contributed by atoms with Gasteiger partial charge in [0.15, 0.2) is 10.6 Å². The van der Waals surface area contributed by atoms with Gasteiger partial charge in [0.2, 0.25) is 0 Å². The molecule has 0 aliphatic heterocycles. The fourth-order valence-corrected chi connectivity index (χ4v) is 2.71. The summed E-state index contributed by atoms with van der Waals surface area (Å²) in [5, 5.41) is 2.55. The summed E-state index contributed by atoms with van der Waals surface area (Å²) in [6, 6.07) is 0. The predicted molar refractivity (Wildman–Crippen MR) is 58.7 cm³/mol. The van der Waals surface area contributed by atoms with Crippen LogP contribution in [0.3, 0.4) is 0 Å². The highest BCUT2D eigenvalue weighted by Crippen LogP contribution is 2.31. The molecule has 0 atom stereocenters. The van der Waals surface area contributed by atoms with Gasteiger partial charge in [0.1, 0.15) is 16.5 Å². The van der Waals surface area contributed by atoms with Gasteiger partial charge in [-0.05, 0) is 11.8 Å². The van der Waals surface area contributed by atoms with E-state index >= 15 is 0 Å². The van der Waals surface area contributed by atoms with Crippen LogP contribution in [0.1, 0.15) is 10.4 Å². The number of rotatable bonds is 3. The van der Waals surface area contributed by atoms with Crippen LogP contribution in [0.4, 0.5) is 0 Å². The Morgan fingerprint density at radius 1 is 1.40 bits per heavy atom. The lowest BCUT2D eigenvalue weighted by atomic mass is 10.4. The Labute approximate surface area is 98.7 Å². The molecular formula is C8H4ClN3OS2. The van der Waals surface area contributed by atoms with E-state index in [9.17, 15) is 4.79 Å². The highest BCUT2D eigenvalue weighted by atomic mass is 35.5. The van der Waals surface area contributed by atoms with Gasteiger partial charge in [0, 0.05) is 11.6 Å². The largest absolute Gasteiger partial charge is 0.298 e. The summed E-state index contributed by atoms with van der Waals surface area (Å²) >= 11 is 8.53. The van der Waals surface area contributed by atoms with Crippen LogP contribution in [0.5, 0.6) is 0 Å². The Bertz CT molecular complexity index is 475. The van der Waals surface area contributed by atoms with E-state index in [2.05, 4.69) is 15.0 Å². The molecule has 0 amide bonds. The lowest BCUT2D eigenvalue weighted by Gasteiger charge is -2.00. The molecule has 0 spiro atoms. The zero-order valence-corrected chi connectivity index (χ0v) is 9.64. The Balaban J connectivity index is 2.36. The van der Waals surface area contributed by atoms with E-state index in [1.54, 1.807) is 6.20 Å². The fraction of sp³-hybridized carbons (Fsp3) is 0. The number of carbonyl (C=O) groups excluding carboxylic acids is 1. The second-order valence-corrected chi connectivity index (χ2v) is 4.89. The van der Waals surface area contributed by atoms with Crippen molar-refractivity contribution in [3.63, 3.8) is 0 Å². The molecule has 2 aromatic rings. The molecule has 4 nitrogen and oxygen atoms in total. The van der Waals surface area contributed by atoms with E-state index < -0.39 is 0 Å². The molecule has 0 bridgehead atoms. The normalized spacial score (nSPS) is 10.2. The molecule has 76 valence electrons. The van der Waals surface area contributed by atoms with Crippen molar-refractivity contribution in [2.75, 3.05) is 0 Å². The molecule has 0 radical (unpaired) electrons. The Kier molecular flexibility index (Phi) is 3.30. The summed E-state index contributed by atoms with van der Waals surface area (Å²) in [7, 11) is 0. The van der Waals surface area contributed by atoms with Crippen molar-refractivity contribution >= 4 is 41.0 Å². The molecule has 0 aliphatic carbocycles. The van der Waals surface area contributed by atoms with Gasteiger partial charge in [0.25, 0.3) is 0 Å². The van der Waals surface area contributed by atoms with Gasteiger partial charge in [-0.25, -0.2) is 15.0 Å². The van der Waals surface area contributed by atoms with Crippen LogP contribution < -0.4 is 0 Å². The molecule has 2 aromatic heterocycles. The Hall–Kier alpha value is -0.980. The van der Waals surface area contributed by atoms with Crippen molar-refractivity contribution in [1.29, 1.82) is 0 Å². The molecule has 0 fully saturated rings. The molecule has 0 aliphatic rings. The smallest absolute Gasteiger partial charge is 0.156 e. The molecule has 2 rings (SSSR count). The number of nitrogens with zero attached hydrogens (tertiary/aromatic N) is 3. The zero-order valence-electron chi connectivity index (χ0n) is 7.25. The summed E-state index contributed by atoms with van der Waals surface area (Å²) in [4.78, 5) is 22.6. The molecule has 0 saturated carbocycles. The fourth-order valence-electron chi connectivity index (χ4n) is 0.883.